The molecule has 0 aliphatic carbocycles. The van der Waals surface area contributed by atoms with Gasteiger partial charge in [-0.25, -0.2) is 4.98 Å². The largest absolute Gasteiger partial charge is 0.393 e. The van der Waals surface area contributed by atoms with Crippen LogP contribution in [0.2, 0.25) is 0 Å². The molecular formula is C14H14F3NOS. The van der Waals surface area contributed by atoms with E-state index in [0.29, 0.717) is 5.01 Å². The first-order valence-corrected chi connectivity index (χ1v) is 7.06. The molecule has 1 unspecified atom stereocenters. The van der Waals surface area contributed by atoms with Crippen molar-refractivity contribution in [2.45, 2.75) is 31.5 Å². The van der Waals surface area contributed by atoms with Crippen molar-refractivity contribution in [3.8, 4) is 11.3 Å². The number of rotatable bonds is 5. The minimum absolute atomic E-state index is 0.160. The molecule has 1 atom stereocenters. The van der Waals surface area contributed by atoms with E-state index in [-0.39, 0.29) is 12.8 Å². The van der Waals surface area contributed by atoms with Gasteiger partial charge in [0.2, 0.25) is 0 Å². The first kappa shape index (κ1) is 15.0. The Balaban J connectivity index is 1.93. The van der Waals surface area contributed by atoms with Crippen LogP contribution >= 0.6 is 11.3 Å². The van der Waals surface area contributed by atoms with E-state index in [4.69, 9.17) is 0 Å². The van der Waals surface area contributed by atoms with Gasteiger partial charge in [-0.3, -0.25) is 0 Å². The van der Waals surface area contributed by atoms with Crippen LogP contribution in [0.15, 0.2) is 35.7 Å². The number of aliphatic hydroxyl groups excluding tert-OH is 1. The molecule has 1 aromatic heterocycles. The van der Waals surface area contributed by atoms with Crippen molar-refractivity contribution in [2.75, 3.05) is 0 Å². The molecule has 1 heterocycles. The Kier molecular flexibility index (Phi) is 4.77. The van der Waals surface area contributed by atoms with Gasteiger partial charge in [0.05, 0.1) is 16.8 Å². The summed E-state index contributed by atoms with van der Waals surface area (Å²) in [7, 11) is 0. The van der Waals surface area contributed by atoms with Gasteiger partial charge in [0.1, 0.15) is 0 Å². The SMILES string of the molecule is OC(CCC(F)(F)F)Cc1nc(-c2ccccc2)cs1. The Morgan fingerprint density at radius 1 is 1.20 bits per heavy atom. The number of alkyl halides is 3. The van der Waals surface area contributed by atoms with Crippen molar-refractivity contribution in [2.24, 2.45) is 0 Å². The molecule has 6 heteroatoms. The third-order valence-corrected chi connectivity index (χ3v) is 3.66. The van der Waals surface area contributed by atoms with Crippen molar-refractivity contribution >= 4 is 11.3 Å². The Hall–Kier alpha value is -1.40. The smallest absolute Gasteiger partial charge is 0.389 e. The van der Waals surface area contributed by atoms with Gasteiger partial charge in [-0.05, 0) is 6.42 Å². The lowest BCUT2D eigenvalue weighted by molar-refractivity contribution is -0.139. The zero-order chi connectivity index (χ0) is 14.6. The zero-order valence-electron chi connectivity index (χ0n) is 10.6. The lowest BCUT2D eigenvalue weighted by Gasteiger charge is -2.10. The highest BCUT2D eigenvalue weighted by molar-refractivity contribution is 7.09. The van der Waals surface area contributed by atoms with Crippen LogP contribution in [0, 0.1) is 0 Å². The molecule has 20 heavy (non-hydrogen) atoms. The fourth-order valence-corrected chi connectivity index (χ4v) is 2.66. The van der Waals surface area contributed by atoms with Gasteiger partial charge in [0.25, 0.3) is 0 Å². The van der Waals surface area contributed by atoms with Crippen molar-refractivity contribution in [1.82, 2.24) is 4.98 Å². The van der Waals surface area contributed by atoms with Crippen LogP contribution in [0.25, 0.3) is 11.3 Å². The van der Waals surface area contributed by atoms with Crippen molar-refractivity contribution in [1.29, 1.82) is 0 Å². The molecule has 0 spiro atoms. The Morgan fingerprint density at radius 3 is 2.55 bits per heavy atom. The lowest BCUT2D eigenvalue weighted by Crippen LogP contribution is -2.16. The number of hydrogen-bond donors (Lipinski definition) is 1. The number of hydrogen-bond acceptors (Lipinski definition) is 3. The average Bonchev–Trinajstić information content (AvgIpc) is 2.85. The first-order chi connectivity index (χ1) is 9.44. The number of halogens is 3. The molecule has 0 aliphatic heterocycles. The molecule has 1 aromatic carbocycles. The molecule has 2 rings (SSSR count). The summed E-state index contributed by atoms with van der Waals surface area (Å²) in [6.45, 7) is 0. The number of nitrogens with zero attached hydrogens (tertiary/aromatic N) is 1. The van der Waals surface area contributed by atoms with Gasteiger partial charge in [0, 0.05) is 23.8 Å². The van der Waals surface area contributed by atoms with E-state index in [1.54, 1.807) is 0 Å². The van der Waals surface area contributed by atoms with Crippen molar-refractivity contribution in [3.63, 3.8) is 0 Å². The van der Waals surface area contributed by atoms with E-state index in [1.807, 2.05) is 35.7 Å². The maximum absolute atomic E-state index is 12.1. The van der Waals surface area contributed by atoms with Gasteiger partial charge in [0.15, 0.2) is 0 Å². The van der Waals surface area contributed by atoms with E-state index in [9.17, 15) is 18.3 Å². The third kappa shape index (κ3) is 4.61. The maximum Gasteiger partial charge on any atom is 0.389 e. The lowest BCUT2D eigenvalue weighted by atomic mass is 10.1. The van der Waals surface area contributed by atoms with Crippen LogP contribution in [0.5, 0.6) is 0 Å². The second kappa shape index (κ2) is 6.37. The van der Waals surface area contributed by atoms with Gasteiger partial charge in [-0.1, -0.05) is 30.3 Å². The van der Waals surface area contributed by atoms with Crippen molar-refractivity contribution < 1.29 is 18.3 Å². The van der Waals surface area contributed by atoms with E-state index < -0.39 is 18.7 Å². The van der Waals surface area contributed by atoms with Crippen LogP contribution in [-0.2, 0) is 6.42 Å². The van der Waals surface area contributed by atoms with E-state index in [0.717, 1.165) is 11.3 Å². The normalized spacial score (nSPS) is 13.4. The number of aromatic nitrogens is 1. The summed E-state index contributed by atoms with van der Waals surface area (Å²) < 4.78 is 36.2. The van der Waals surface area contributed by atoms with Gasteiger partial charge in [-0.2, -0.15) is 13.2 Å². The van der Waals surface area contributed by atoms with Crippen LogP contribution in [-0.4, -0.2) is 22.4 Å². The zero-order valence-corrected chi connectivity index (χ0v) is 11.4. The summed E-state index contributed by atoms with van der Waals surface area (Å²) in [6.07, 6.45) is -6.33. The molecule has 1 N–H and O–H groups in total. The number of aliphatic hydroxyl groups is 1. The van der Waals surface area contributed by atoms with Gasteiger partial charge >= 0.3 is 6.18 Å². The first-order valence-electron chi connectivity index (χ1n) is 6.19. The summed E-state index contributed by atoms with van der Waals surface area (Å²) in [6, 6.07) is 9.52. The average molecular weight is 301 g/mol. The molecule has 2 aromatic rings. The fourth-order valence-electron chi connectivity index (χ4n) is 1.78. The fraction of sp³-hybridized carbons (Fsp3) is 0.357. The molecule has 0 aliphatic rings. The minimum Gasteiger partial charge on any atom is -0.393 e. The summed E-state index contributed by atoms with van der Waals surface area (Å²) in [5, 5.41) is 12.1. The molecule has 0 saturated heterocycles. The third-order valence-electron chi connectivity index (χ3n) is 2.79. The summed E-state index contributed by atoms with van der Waals surface area (Å²) in [5.41, 5.74) is 1.74. The van der Waals surface area contributed by atoms with Crippen LogP contribution in [0.4, 0.5) is 13.2 Å². The molecule has 2 nitrogen and oxygen atoms in total. The molecule has 0 saturated carbocycles. The molecule has 0 amide bonds. The molecular weight excluding hydrogens is 287 g/mol. The molecule has 0 bridgehead atoms. The summed E-state index contributed by atoms with van der Waals surface area (Å²) in [4.78, 5) is 4.34. The molecule has 108 valence electrons. The Morgan fingerprint density at radius 2 is 1.90 bits per heavy atom. The molecule has 0 fully saturated rings. The highest BCUT2D eigenvalue weighted by Gasteiger charge is 2.28. The number of benzene rings is 1. The van der Waals surface area contributed by atoms with Gasteiger partial charge in [-0.15, -0.1) is 11.3 Å². The van der Waals surface area contributed by atoms with E-state index in [2.05, 4.69) is 4.98 Å². The predicted molar refractivity (Wildman–Crippen MR) is 72.5 cm³/mol. The monoisotopic (exact) mass is 301 g/mol. The van der Waals surface area contributed by atoms with E-state index >= 15 is 0 Å². The second-order valence-corrected chi connectivity index (χ2v) is 5.45. The standard InChI is InChI=1S/C14H14F3NOS/c15-14(16,17)7-6-11(19)8-13-18-12(9-20-13)10-4-2-1-3-5-10/h1-5,9,11,19H,6-8H2. The Bertz CT molecular complexity index is 539. The van der Waals surface area contributed by atoms with Gasteiger partial charge < -0.3 is 5.11 Å². The van der Waals surface area contributed by atoms with E-state index in [1.165, 1.54) is 11.3 Å². The topological polar surface area (TPSA) is 33.1 Å². The summed E-state index contributed by atoms with van der Waals surface area (Å²) in [5.74, 6) is 0. The number of thiazole rings is 1. The second-order valence-electron chi connectivity index (χ2n) is 4.50. The molecule has 0 radical (unpaired) electrons. The minimum atomic E-state index is -4.22. The van der Waals surface area contributed by atoms with Crippen LogP contribution < -0.4 is 0 Å². The van der Waals surface area contributed by atoms with Crippen LogP contribution in [0.1, 0.15) is 17.8 Å². The van der Waals surface area contributed by atoms with Crippen LogP contribution in [0.3, 0.4) is 0 Å². The highest BCUT2D eigenvalue weighted by Crippen LogP contribution is 2.25. The quantitative estimate of drug-likeness (QED) is 0.903. The maximum atomic E-state index is 12.1. The van der Waals surface area contributed by atoms with Crippen molar-refractivity contribution in [3.05, 3.63) is 40.7 Å². The highest BCUT2D eigenvalue weighted by atomic mass is 32.1. The Labute approximate surface area is 118 Å². The predicted octanol–water partition coefficient (Wildman–Crippen LogP) is 4.06. The summed E-state index contributed by atoms with van der Waals surface area (Å²) >= 11 is 1.35.